The molecule has 1 atom stereocenters. The second kappa shape index (κ2) is 8.10. The first-order valence-corrected chi connectivity index (χ1v) is 6.00. The summed E-state index contributed by atoms with van der Waals surface area (Å²) in [5, 5.41) is -0.385. The molecule has 0 bridgehead atoms. The number of hydrogen-bond acceptors (Lipinski definition) is 1. The van der Waals surface area contributed by atoms with Crippen LogP contribution in [0, 0.1) is 0 Å². The van der Waals surface area contributed by atoms with Crippen molar-refractivity contribution in [3.63, 3.8) is 0 Å². The van der Waals surface area contributed by atoms with Crippen LogP contribution in [0.5, 0.6) is 0 Å². The first-order chi connectivity index (χ1) is 6.63. The summed E-state index contributed by atoms with van der Waals surface area (Å²) in [4.78, 5) is 13.5. The minimum Gasteiger partial charge on any atom is -0.341 e. The summed E-state index contributed by atoms with van der Waals surface area (Å²) in [7, 11) is 0. The predicted molar refractivity (Wildman–Crippen MR) is 61.7 cm³/mol. The van der Waals surface area contributed by atoms with Crippen molar-refractivity contribution in [2.24, 2.45) is 0 Å². The van der Waals surface area contributed by atoms with Crippen LogP contribution >= 0.6 is 11.6 Å². The molecule has 84 valence electrons. The van der Waals surface area contributed by atoms with Gasteiger partial charge in [0.05, 0.1) is 0 Å². The highest BCUT2D eigenvalue weighted by Crippen LogP contribution is 2.05. The Morgan fingerprint density at radius 3 is 1.93 bits per heavy atom. The fraction of sp³-hybridized carbons (Fsp3) is 0.909. The molecule has 0 fully saturated rings. The number of unbranched alkanes of at least 4 members (excludes halogenated alkanes) is 2. The van der Waals surface area contributed by atoms with Gasteiger partial charge in [0.25, 0.3) is 0 Å². The van der Waals surface area contributed by atoms with Crippen molar-refractivity contribution in [3.05, 3.63) is 0 Å². The standard InChI is InChI=1S/C11H22ClNO/c1-4-6-8-13(9-7-5-2)11(14)10(3)12/h10H,4-9H2,1-3H3/t10-/m0/s1. The molecule has 0 aliphatic heterocycles. The third kappa shape index (κ3) is 5.48. The lowest BCUT2D eigenvalue weighted by Crippen LogP contribution is -2.37. The molecular formula is C11H22ClNO. The lowest BCUT2D eigenvalue weighted by atomic mass is 10.2. The first kappa shape index (κ1) is 13.8. The van der Waals surface area contributed by atoms with Gasteiger partial charge in [-0.1, -0.05) is 26.7 Å². The summed E-state index contributed by atoms with van der Waals surface area (Å²) in [6.07, 6.45) is 4.37. The Morgan fingerprint density at radius 1 is 1.21 bits per heavy atom. The van der Waals surface area contributed by atoms with Crippen LogP contribution in [0.2, 0.25) is 0 Å². The Kier molecular flexibility index (Phi) is 7.96. The molecule has 3 heteroatoms. The van der Waals surface area contributed by atoms with E-state index < -0.39 is 0 Å². The third-order valence-corrected chi connectivity index (χ3v) is 2.40. The molecule has 0 aliphatic carbocycles. The Balaban J connectivity index is 4.01. The summed E-state index contributed by atoms with van der Waals surface area (Å²) in [6.45, 7) is 7.72. The summed E-state index contributed by atoms with van der Waals surface area (Å²) in [5.41, 5.74) is 0. The number of hydrogen-bond donors (Lipinski definition) is 0. The van der Waals surface area contributed by atoms with Gasteiger partial charge in [-0.2, -0.15) is 0 Å². The molecule has 0 aromatic carbocycles. The van der Waals surface area contributed by atoms with Gasteiger partial charge in [0.15, 0.2) is 0 Å². The van der Waals surface area contributed by atoms with Crippen LogP contribution in [0.25, 0.3) is 0 Å². The van der Waals surface area contributed by atoms with Gasteiger partial charge in [-0.25, -0.2) is 0 Å². The molecule has 0 radical (unpaired) electrons. The SMILES string of the molecule is CCCCN(CCCC)C(=O)[C@H](C)Cl. The summed E-state index contributed by atoms with van der Waals surface area (Å²) in [6, 6.07) is 0. The van der Waals surface area contributed by atoms with E-state index in [0.717, 1.165) is 38.8 Å². The smallest absolute Gasteiger partial charge is 0.240 e. The van der Waals surface area contributed by atoms with E-state index in [-0.39, 0.29) is 11.3 Å². The Hall–Kier alpha value is -0.240. The van der Waals surface area contributed by atoms with Crippen LogP contribution < -0.4 is 0 Å². The number of carbonyl (C=O) groups is 1. The number of alkyl halides is 1. The van der Waals surface area contributed by atoms with Crippen molar-refractivity contribution in [2.45, 2.75) is 51.8 Å². The number of rotatable bonds is 7. The fourth-order valence-electron chi connectivity index (χ4n) is 1.28. The average molecular weight is 220 g/mol. The molecule has 14 heavy (non-hydrogen) atoms. The largest absolute Gasteiger partial charge is 0.341 e. The van der Waals surface area contributed by atoms with Crippen molar-refractivity contribution in [1.82, 2.24) is 4.90 Å². The zero-order chi connectivity index (χ0) is 11.0. The minimum atomic E-state index is -0.385. The van der Waals surface area contributed by atoms with Crippen LogP contribution in [-0.2, 0) is 4.79 Å². The highest BCUT2D eigenvalue weighted by molar-refractivity contribution is 6.30. The quantitative estimate of drug-likeness (QED) is 0.603. The molecule has 0 N–H and O–H groups in total. The molecule has 0 spiro atoms. The van der Waals surface area contributed by atoms with Crippen molar-refractivity contribution >= 4 is 17.5 Å². The van der Waals surface area contributed by atoms with Crippen LogP contribution in [0.3, 0.4) is 0 Å². The van der Waals surface area contributed by atoms with E-state index in [1.807, 2.05) is 4.90 Å². The van der Waals surface area contributed by atoms with E-state index in [1.54, 1.807) is 6.92 Å². The summed E-state index contributed by atoms with van der Waals surface area (Å²) < 4.78 is 0. The molecule has 0 aromatic rings. The van der Waals surface area contributed by atoms with Crippen molar-refractivity contribution in [2.75, 3.05) is 13.1 Å². The van der Waals surface area contributed by atoms with Gasteiger partial charge in [-0.05, 0) is 19.8 Å². The number of halogens is 1. The molecule has 0 rings (SSSR count). The summed E-state index contributed by atoms with van der Waals surface area (Å²) >= 11 is 5.79. The second-order valence-electron chi connectivity index (χ2n) is 3.65. The maximum Gasteiger partial charge on any atom is 0.240 e. The lowest BCUT2D eigenvalue weighted by molar-refractivity contribution is -0.130. The topological polar surface area (TPSA) is 20.3 Å². The lowest BCUT2D eigenvalue weighted by Gasteiger charge is -2.23. The van der Waals surface area contributed by atoms with Crippen molar-refractivity contribution < 1.29 is 4.79 Å². The van der Waals surface area contributed by atoms with Crippen LogP contribution in [0.4, 0.5) is 0 Å². The molecular weight excluding hydrogens is 198 g/mol. The number of nitrogens with zero attached hydrogens (tertiary/aromatic N) is 1. The molecule has 1 amide bonds. The second-order valence-corrected chi connectivity index (χ2v) is 4.30. The highest BCUT2D eigenvalue weighted by Gasteiger charge is 2.16. The zero-order valence-electron chi connectivity index (χ0n) is 9.55. The van der Waals surface area contributed by atoms with Gasteiger partial charge < -0.3 is 4.90 Å². The van der Waals surface area contributed by atoms with Crippen LogP contribution in [0.15, 0.2) is 0 Å². The molecule has 0 aromatic heterocycles. The van der Waals surface area contributed by atoms with E-state index in [4.69, 9.17) is 11.6 Å². The molecule has 0 saturated carbocycles. The van der Waals surface area contributed by atoms with E-state index in [0.29, 0.717) is 0 Å². The molecule has 0 unspecified atom stereocenters. The Morgan fingerprint density at radius 2 is 1.64 bits per heavy atom. The van der Waals surface area contributed by atoms with E-state index in [2.05, 4.69) is 13.8 Å². The molecule has 0 heterocycles. The van der Waals surface area contributed by atoms with Crippen molar-refractivity contribution in [3.8, 4) is 0 Å². The van der Waals surface area contributed by atoms with Crippen molar-refractivity contribution in [1.29, 1.82) is 0 Å². The average Bonchev–Trinajstić information content (AvgIpc) is 2.17. The maximum atomic E-state index is 11.6. The van der Waals surface area contributed by atoms with Gasteiger partial charge in [-0.3, -0.25) is 4.79 Å². The van der Waals surface area contributed by atoms with Crippen LogP contribution in [0.1, 0.15) is 46.5 Å². The normalized spacial score (nSPS) is 12.6. The van der Waals surface area contributed by atoms with Crippen LogP contribution in [-0.4, -0.2) is 29.3 Å². The van der Waals surface area contributed by atoms with Gasteiger partial charge in [-0.15, -0.1) is 11.6 Å². The molecule has 0 aliphatic rings. The van der Waals surface area contributed by atoms with Gasteiger partial charge in [0, 0.05) is 13.1 Å². The molecule has 2 nitrogen and oxygen atoms in total. The first-order valence-electron chi connectivity index (χ1n) is 5.56. The summed E-state index contributed by atoms with van der Waals surface area (Å²) in [5.74, 6) is 0.0774. The highest BCUT2D eigenvalue weighted by atomic mass is 35.5. The number of carbonyl (C=O) groups excluding carboxylic acids is 1. The maximum absolute atomic E-state index is 11.6. The third-order valence-electron chi connectivity index (χ3n) is 2.22. The monoisotopic (exact) mass is 219 g/mol. The van der Waals surface area contributed by atoms with Gasteiger partial charge >= 0.3 is 0 Å². The van der Waals surface area contributed by atoms with E-state index in [1.165, 1.54) is 0 Å². The number of amides is 1. The van der Waals surface area contributed by atoms with E-state index in [9.17, 15) is 4.79 Å². The Labute approximate surface area is 92.6 Å². The minimum absolute atomic E-state index is 0.0774. The Bertz CT molecular complexity index is 151. The zero-order valence-corrected chi connectivity index (χ0v) is 10.3. The molecule has 0 saturated heterocycles. The fourth-order valence-corrected chi connectivity index (χ4v) is 1.42. The van der Waals surface area contributed by atoms with Gasteiger partial charge in [0.1, 0.15) is 5.38 Å². The van der Waals surface area contributed by atoms with E-state index >= 15 is 0 Å². The predicted octanol–water partition coefficient (Wildman–Crippen LogP) is 3.04. The van der Waals surface area contributed by atoms with Gasteiger partial charge in [0.2, 0.25) is 5.91 Å².